The highest BCUT2D eigenvalue weighted by Gasteiger charge is 2.28. The van der Waals surface area contributed by atoms with E-state index in [1.165, 1.54) is 26.5 Å². The largest absolute Gasteiger partial charge is 0.469 e. The average molecular weight is 211 g/mol. The smallest absolute Gasteiger partial charge is 0.308 e. The van der Waals surface area contributed by atoms with E-state index in [9.17, 15) is 4.79 Å². The molecule has 86 valence electrons. The van der Waals surface area contributed by atoms with Gasteiger partial charge in [-0.2, -0.15) is 0 Å². The Labute approximate surface area is 91.6 Å². The molecule has 0 aromatic rings. The number of rotatable bonds is 4. The highest BCUT2D eigenvalue weighted by molar-refractivity contribution is 5.72. The molecule has 2 saturated carbocycles. The van der Waals surface area contributed by atoms with Gasteiger partial charge in [-0.15, -0.1) is 0 Å². The topological polar surface area (TPSA) is 38.3 Å². The molecule has 2 rings (SSSR count). The molecule has 0 radical (unpaired) electrons. The summed E-state index contributed by atoms with van der Waals surface area (Å²) in [6.07, 6.45) is 7.07. The van der Waals surface area contributed by atoms with E-state index in [-0.39, 0.29) is 11.9 Å². The Balaban J connectivity index is 1.64. The molecule has 3 heteroatoms. The Bertz CT molecular complexity index is 218. The summed E-state index contributed by atoms with van der Waals surface area (Å²) < 4.78 is 4.77. The van der Waals surface area contributed by atoms with E-state index in [1.54, 1.807) is 0 Å². The van der Waals surface area contributed by atoms with Crippen LogP contribution >= 0.6 is 0 Å². The number of nitrogens with one attached hydrogen (secondary N) is 1. The van der Waals surface area contributed by atoms with Crippen molar-refractivity contribution in [2.45, 2.75) is 44.6 Å². The van der Waals surface area contributed by atoms with Crippen molar-refractivity contribution in [3.05, 3.63) is 0 Å². The van der Waals surface area contributed by atoms with Gasteiger partial charge in [0, 0.05) is 6.04 Å². The molecule has 0 amide bonds. The van der Waals surface area contributed by atoms with E-state index in [4.69, 9.17) is 4.74 Å². The lowest BCUT2D eigenvalue weighted by Gasteiger charge is -2.27. The van der Waals surface area contributed by atoms with Gasteiger partial charge in [0.15, 0.2) is 0 Å². The monoisotopic (exact) mass is 211 g/mol. The fourth-order valence-corrected chi connectivity index (χ4v) is 2.36. The number of ether oxygens (including phenoxy) is 1. The molecule has 0 saturated heterocycles. The van der Waals surface area contributed by atoms with Crippen LogP contribution in [0, 0.1) is 11.8 Å². The molecule has 0 atom stereocenters. The third kappa shape index (κ3) is 3.20. The lowest BCUT2D eigenvalue weighted by molar-refractivity contribution is -0.146. The summed E-state index contributed by atoms with van der Waals surface area (Å²) in [4.78, 5) is 11.3. The highest BCUT2D eigenvalue weighted by atomic mass is 16.5. The standard InChI is InChI=1S/C12H21NO2/c1-15-12(14)10-4-6-11(7-5-10)13-8-9-2-3-9/h9-11,13H,2-8H2,1H3. The van der Waals surface area contributed by atoms with Crippen LogP contribution in [-0.4, -0.2) is 25.7 Å². The molecule has 0 spiro atoms. The van der Waals surface area contributed by atoms with Crippen molar-refractivity contribution in [1.82, 2.24) is 5.32 Å². The average Bonchev–Trinajstić information content (AvgIpc) is 3.10. The van der Waals surface area contributed by atoms with Crippen LogP contribution in [0.15, 0.2) is 0 Å². The molecule has 0 aromatic carbocycles. The third-order valence-corrected chi connectivity index (χ3v) is 3.65. The van der Waals surface area contributed by atoms with E-state index in [0.29, 0.717) is 6.04 Å². The van der Waals surface area contributed by atoms with Crippen LogP contribution in [0.4, 0.5) is 0 Å². The predicted molar refractivity (Wildman–Crippen MR) is 58.5 cm³/mol. The summed E-state index contributed by atoms with van der Waals surface area (Å²) in [5.74, 6) is 1.09. The number of carbonyl (C=O) groups excluding carboxylic acids is 1. The van der Waals surface area contributed by atoms with Crippen molar-refractivity contribution in [2.24, 2.45) is 11.8 Å². The van der Waals surface area contributed by atoms with Gasteiger partial charge in [0.2, 0.25) is 0 Å². The summed E-state index contributed by atoms with van der Waals surface area (Å²) in [7, 11) is 1.49. The summed E-state index contributed by atoms with van der Waals surface area (Å²) >= 11 is 0. The molecule has 0 aromatic heterocycles. The van der Waals surface area contributed by atoms with E-state index in [0.717, 1.165) is 31.6 Å². The van der Waals surface area contributed by atoms with E-state index >= 15 is 0 Å². The van der Waals surface area contributed by atoms with Gasteiger partial charge in [-0.05, 0) is 51.0 Å². The van der Waals surface area contributed by atoms with Gasteiger partial charge in [-0.3, -0.25) is 4.79 Å². The van der Waals surface area contributed by atoms with Gasteiger partial charge in [0.1, 0.15) is 0 Å². The molecule has 0 heterocycles. The molecule has 15 heavy (non-hydrogen) atoms. The Morgan fingerprint density at radius 3 is 2.40 bits per heavy atom. The fraction of sp³-hybridized carbons (Fsp3) is 0.917. The maximum Gasteiger partial charge on any atom is 0.308 e. The van der Waals surface area contributed by atoms with E-state index < -0.39 is 0 Å². The summed E-state index contributed by atoms with van der Waals surface area (Å²) in [5.41, 5.74) is 0. The first-order valence-electron chi connectivity index (χ1n) is 6.11. The van der Waals surface area contributed by atoms with Crippen LogP contribution in [-0.2, 0) is 9.53 Å². The fourth-order valence-electron chi connectivity index (χ4n) is 2.36. The van der Waals surface area contributed by atoms with Gasteiger partial charge in [-0.25, -0.2) is 0 Å². The minimum absolute atomic E-state index is 0.0179. The lowest BCUT2D eigenvalue weighted by atomic mass is 9.86. The van der Waals surface area contributed by atoms with Gasteiger partial charge in [0.25, 0.3) is 0 Å². The first-order valence-corrected chi connectivity index (χ1v) is 6.11. The number of carbonyl (C=O) groups is 1. The number of esters is 1. The Kier molecular flexibility index (Phi) is 3.62. The second kappa shape index (κ2) is 4.97. The molecular weight excluding hydrogens is 190 g/mol. The van der Waals surface area contributed by atoms with E-state index in [1.807, 2.05) is 0 Å². The van der Waals surface area contributed by atoms with Crippen molar-refractivity contribution in [3.63, 3.8) is 0 Å². The Hall–Kier alpha value is -0.570. The maximum atomic E-state index is 11.3. The number of methoxy groups -OCH3 is 1. The first kappa shape index (κ1) is 10.9. The molecular formula is C12H21NO2. The van der Waals surface area contributed by atoms with Crippen LogP contribution in [0.5, 0.6) is 0 Å². The predicted octanol–water partition coefficient (Wildman–Crippen LogP) is 1.72. The zero-order valence-electron chi connectivity index (χ0n) is 9.50. The molecule has 1 N–H and O–H groups in total. The Morgan fingerprint density at radius 2 is 1.87 bits per heavy atom. The van der Waals surface area contributed by atoms with Crippen LogP contribution < -0.4 is 5.32 Å². The van der Waals surface area contributed by atoms with Crippen LogP contribution in [0.1, 0.15) is 38.5 Å². The molecule has 3 nitrogen and oxygen atoms in total. The summed E-state index contributed by atoms with van der Waals surface area (Å²) in [6.45, 7) is 1.19. The van der Waals surface area contributed by atoms with Gasteiger partial charge < -0.3 is 10.1 Å². The molecule has 0 aliphatic heterocycles. The first-order chi connectivity index (χ1) is 7.29. The second-order valence-electron chi connectivity index (χ2n) is 4.92. The Morgan fingerprint density at radius 1 is 1.20 bits per heavy atom. The quantitative estimate of drug-likeness (QED) is 0.720. The summed E-state index contributed by atoms with van der Waals surface area (Å²) in [5, 5.41) is 3.61. The molecule has 2 aliphatic rings. The van der Waals surface area contributed by atoms with Crippen LogP contribution in [0.25, 0.3) is 0 Å². The van der Waals surface area contributed by atoms with E-state index in [2.05, 4.69) is 5.32 Å². The minimum Gasteiger partial charge on any atom is -0.469 e. The molecule has 2 fully saturated rings. The van der Waals surface area contributed by atoms with Gasteiger partial charge in [0.05, 0.1) is 13.0 Å². The van der Waals surface area contributed by atoms with Crippen molar-refractivity contribution < 1.29 is 9.53 Å². The van der Waals surface area contributed by atoms with Gasteiger partial charge >= 0.3 is 5.97 Å². The molecule has 0 unspecified atom stereocenters. The molecule has 0 bridgehead atoms. The normalized spacial score (nSPS) is 31.3. The minimum atomic E-state index is -0.0179. The van der Waals surface area contributed by atoms with Crippen molar-refractivity contribution in [1.29, 1.82) is 0 Å². The molecule has 2 aliphatic carbocycles. The number of hydrogen-bond donors (Lipinski definition) is 1. The third-order valence-electron chi connectivity index (χ3n) is 3.65. The summed E-state index contributed by atoms with van der Waals surface area (Å²) in [6, 6.07) is 0.645. The SMILES string of the molecule is COC(=O)C1CCC(NCC2CC2)CC1. The zero-order chi connectivity index (χ0) is 10.7. The highest BCUT2D eigenvalue weighted by Crippen LogP contribution is 2.29. The zero-order valence-corrected chi connectivity index (χ0v) is 9.50. The number of hydrogen-bond acceptors (Lipinski definition) is 3. The maximum absolute atomic E-state index is 11.3. The van der Waals surface area contributed by atoms with Crippen molar-refractivity contribution in [2.75, 3.05) is 13.7 Å². The van der Waals surface area contributed by atoms with Gasteiger partial charge in [-0.1, -0.05) is 0 Å². The van der Waals surface area contributed by atoms with Crippen LogP contribution in [0.3, 0.4) is 0 Å². The van der Waals surface area contributed by atoms with Crippen molar-refractivity contribution in [3.8, 4) is 0 Å². The second-order valence-corrected chi connectivity index (χ2v) is 4.92. The van der Waals surface area contributed by atoms with Crippen LogP contribution in [0.2, 0.25) is 0 Å². The lowest BCUT2D eigenvalue weighted by Crippen LogP contribution is -2.36. The van der Waals surface area contributed by atoms with Crippen molar-refractivity contribution >= 4 is 5.97 Å².